The van der Waals surface area contributed by atoms with E-state index in [0.717, 1.165) is 70.2 Å². The first-order valence-electron chi connectivity index (χ1n) is 45.5. The maximum atomic E-state index is 15.2. The molecule has 22 nitrogen and oxygen atoms in total. The van der Waals surface area contributed by atoms with E-state index in [4.69, 9.17) is 75.2 Å². The molecule has 0 atom stereocenters. The number of amides is 2. The second kappa shape index (κ2) is 48.9. The summed E-state index contributed by atoms with van der Waals surface area (Å²) in [7, 11) is 0. The normalized spacial score (nSPS) is 11.0. The Hall–Kier alpha value is -16.0. The number of carbonyl (C=O) groups excluding carboxylic acids is 2. The first kappa shape index (κ1) is 93.2. The Morgan fingerprint density at radius 3 is 0.831 bits per heavy atom. The summed E-state index contributed by atoms with van der Waals surface area (Å²) >= 11 is 0. The summed E-state index contributed by atoms with van der Waals surface area (Å²) < 4.78 is 102. The lowest BCUT2D eigenvalue weighted by Gasteiger charge is -2.17. The third-order valence-electron chi connectivity index (χ3n) is 21.9. The highest BCUT2D eigenvalue weighted by Crippen LogP contribution is 2.44. The highest BCUT2D eigenvalue weighted by atomic mass is 16.6. The van der Waals surface area contributed by atoms with Gasteiger partial charge in [-0.25, -0.2) is 0 Å². The SMILES string of the molecule is O=C(NCCOCCOc1c(-c2ccc(OCc3ccccc3)c(OCc3ccccc3)c2)oc2cc(OCc3ccccc3)cc(OCc3ccccc3)c2c1=O)c1ccc(OCCCCCCOc2ccc(C(=O)NCCOCCOc3c(-c4ccc(OCc5ccccc5)c(OCc5ccccc5)c4)oc4cc(OCc5ccccc5)cc(OCc5ccccc5)c4c3=O)cc2)cc1. The summed E-state index contributed by atoms with van der Waals surface area (Å²) in [6.45, 7) is 3.56. The minimum Gasteiger partial charge on any atom is -0.494 e. The van der Waals surface area contributed by atoms with Crippen molar-refractivity contribution in [3.63, 3.8) is 0 Å². The Kier molecular flexibility index (Phi) is 33.5. The van der Waals surface area contributed by atoms with Crippen LogP contribution in [0.4, 0.5) is 0 Å². The summed E-state index contributed by atoms with van der Waals surface area (Å²) in [5.41, 5.74) is 8.84. The molecule has 0 fully saturated rings. The van der Waals surface area contributed by atoms with Crippen LogP contribution in [0.5, 0.6) is 69.0 Å². The summed E-state index contributed by atoms with van der Waals surface area (Å²) in [5.74, 6) is 3.98. The Bertz CT molecular complexity index is 6220. The lowest BCUT2D eigenvalue weighted by atomic mass is 10.1. The van der Waals surface area contributed by atoms with E-state index in [1.165, 1.54) is 0 Å². The van der Waals surface area contributed by atoms with Crippen LogP contribution in [0.3, 0.4) is 0 Å². The van der Waals surface area contributed by atoms with E-state index < -0.39 is 10.9 Å². The molecule has 0 spiro atoms. The maximum absolute atomic E-state index is 15.2. The molecular formula is C114H104N2O20. The van der Waals surface area contributed by atoms with Gasteiger partial charge in [0.1, 0.15) is 123 Å². The molecule has 0 aliphatic carbocycles. The fourth-order valence-corrected chi connectivity index (χ4v) is 14.8. The molecule has 22 heteroatoms. The van der Waals surface area contributed by atoms with Crippen molar-refractivity contribution in [3.8, 4) is 91.6 Å². The lowest BCUT2D eigenvalue weighted by Crippen LogP contribution is -2.27. The zero-order chi connectivity index (χ0) is 92.9. The first-order chi connectivity index (χ1) is 67.1. The van der Waals surface area contributed by atoms with E-state index in [1.807, 2.05) is 243 Å². The molecule has 0 unspecified atom stereocenters. The minimum atomic E-state index is -0.478. The number of ether oxygens (including phenoxy) is 14. The highest BCUT2D eigenvalue weighted by molar-refractivity contribution is 5.95. The molecule has 0 radical (unpaired) electrons. The quantitative estimate of drug-likeness (QED) is 0.0336. The summed E-state index contributed by atoms with van der Waals surface area (Å²) in [5, 5.41) is 6.16. The largest absolute Gasteiger partial charge is 0.494 e. The first-order valence-corrected chi connectivity index (χ1v) is 45.5. The van der Waals surface area contributed by atoms with Gasteiger partial charge >= 0.3 is 0 Å². The van der Waals surface area contributed by atoms with Gasteiger partial charge in [-0.1, -0.05) is 243 Å². The van der Waals surface area contributed by atoms with Crippen LogP contribution >= 0.6 is 0 Å². The van der Waals surface area contributed by atoms with Gasteiger partial charge in [0.2, 0.25) is 22.4 Å². The van der Waals surface area contributed by atoms with Crippen molar-refractivity contribution in [2.75, 3.05) is 65.9 Å². The van der Waals surface area contributed by atoms with Crippen LogP contribution in [-0.4, -0.2) is 77.8 Å². The number of nitrogens with one attached hydrogen (secondary N) is 2. The van der Waals surface area contributed by atoms with Crippen molar-refractivity contribution < 1.29 is 84.7 Å². The second-order valence-electron chi connectivity index (χ2n) is 31.9. The third-order valence-corrected chi connectivity index (χ3v) is 21.9. The molecule has 16 aromatic rings. The van der Waals surface area contributed by atoms with Crippen molar-refractivity contribution in [2.24, 2.45) is 0 Å². The summed E-state index contributed by atoms with van der Waals surface area (Å²) in [6, 6.07) is 110. The zero-order valence-electron chi connectivity index (χ0n) is 75.2. The Balaban J connectivity index is 0.475. The van der Waals surface area contributed by atoms with Crippen molar-refractivity contribution in [3.05, 3.63) is 428 Å². The molecule has 16 rings (SSSR count). The average Bonchev–Trinajstić information content (AvgIpc) is 0.757. The Morgan fingerprint density at radius 1 is 0.235 bits per heavy atom. The van der Waals surface area contributed by atoms with E-state index >= 15 is 9.59 Å². The third kappa shape index (κ3) is 26.9. The van der Waals surface area contributed by atoms with Crippen molar-refractivity contribution in [1.82, 2.24) is 10.6 Å². The molecule has 690 valence electrons. The molecule has 0 aliphatic rings. The van der Waals surface area contributed by atoms with Gasteiger partial charge in [-0.2, -0.15) is 0 Å². The molecule has 14 aromatic carbocycles. The van der Waals surface area contributed by atoms with Gasteiger partial charge in [0.05, 0.1) is 39.6 Å². The monoisotopic (exact) mass is 1820 g/mol. The number of hydrogen-bond donors (Lipinski definition) is 2. The molecule has 2 amide bonds. The molecule has 0 saturated heterocycles. The van der Waals surface area contributed by atoms with E-state index in [9.17, 15) is 9.59 Å². The topological polar surface area (TPSA) is 248 Å². The van der Waals surface area contributed by atoms with E-state index in [-0.39, 0.29) is 174 Å². The fourth-order valence-electron chi connectivity index (χ4n) is 14.8. The van der Waals surface area contributed by atoms with E-state index in [1.54, 1.807) is 109 Å². The van der Waals surface area contributed by atoms with Crippen molar-refractivity contribution in [1.29, 1.82) is 0 Å². The number of carbonyl (C=O) groups is 2. The van der Waals surface area contributed by atoms with Crippen LogP contribution in [0.1, 0.15) is 90.9 Å². The molecule has 0 saturated carbocycles. The number of hydrogen-bond acceptors (Lipinski definition) is 20. The van der Waals surface area contributed by atoms with Crippen LogP contribution in [-0.2, 0) is 62.3 Å². The van der Waals surface area contributed by atoms with Crippen molar-refractivity contribution in [2.45, 2.75) is 78.5 Å². The lowest BCUT2D eigenvalue weighted by molar-refractivity contribution is 0.0860. The Morgan fingerprint density at radius 2 is 0.522 bits per heavy atom. The summed E-state index contributed by atoms with van der Waals surface area (Å²) in [4.78, 5) is 57.1. The van der Waals surface area contributed by atoms with Gasteiger partial charge in [-0.15, -0.1) is 0 Å². The molecule has 0 bridgehead atoms. The number of unbranched alkanes of at least 4 members (excludes halogenated alkanes) is 3. The van der Waals surface area contributed by atoms with Gasteiger partial charge in [0.15, 0.2) is 34.5 Å². The molecule has 0 aliphatic heterocycles. The van der Waals surface area contributed by atoms with E-state index in [0.29, 0.717) is 81.5 Å². The van der Waals surface area contributed by atoms with Crippen LogP contribution in [0.25, 0.3) is 44.6 Å². The minimum absolute atomic E-state index is 0.0551. The predicted octanol–water partition coefficient (Wildman–Crippen LogP) is 22.5. The van der Waals surface area contributed by atoms with Crippen LogP contribution < -0.4 is 78.3 Å². The van der Waals surface area contributed by atoms with Gasteiger partial charge in [0, 0.05) is 59.6 Å². The zero-order valence-corrected chi connectivity index (χ0v) is 75.2. The second-order valence-corrected chi connectivity index (χ2v) is 31.9. The van der Waals surface area contributed by atoms with Gasteiger partial charge in [-0.3, -0.25) is 19.2 Å². The number of rotatable bonds is 51. The standard InChI is InChI=1S/C114H104N2O20/c117-107-105-101(133-79-87-41-23-9-24-42-87)69-95(127-73-81-29-11-3-12-30-81)71-103(105)135-109(91-49-55-97(129-75-83-33-15-5-16-34-83)99(67-91)131-77-85-37-19-7-20-38-85)111(107)125-65-63-121-61-57-115-113(119)89-45-51-93(52-46-89)123-59-27-1-2-28-60-124-94-53-47-90(48-54-94)114(120)116-58-62-122-64-66-126-112-108(118)106-102(134-80-88-43-25-10-26-44-88)70-96(128-74-82-31-13-4-14-32-82)72-104(106)136-110(112)92-50-56-98(130-76-84-35-17-6-18-36-84)100(68-92)132-78-86-39-21-8-22-40-86/h3-26,29-56,67-72H,1-2,27-28,57-66,73-80H2,(H,115,119)(H,116,120). The maximum Gasteiger partial charge on any atom is 0.251 e. The van der Waals surface area contributed by atoms with Crippen LogP contribution in [0.15, 0.2) is 370 Å². The number of fused-ring (bicyclic) bond motifs is 2. The highest BCUT2D eigenvalue weighted by Gasteiger charge is 2.27. The molecule has 2 N–H and O–H groups in total. The molecule has 2 heterocycles. The molecule has 136 heavy (non-hydrogen) atoms. The fraction of sp³-hybridized carbons (Fsp3) is 0.193. The average molecular weight is 1820 g/mol. The van der Waals surface area contributed by atoms with Crippen LogP contribution in [0, 0.1) is 0 Å². The van der Waals surface area contributed by atoms with Gasteiger partial charge < -0.3 is 85.8 Å². The smallest absolute Gasteiger partial charge is 0.251 e. The number of benzene rings is 14. The van der Waals surface area contributed by atoms with E-state index in [2.05, 4.69) is 10.6 Å². The summed E-state index contributed by atoms with van der Waals surface area (Å²) in [6.07, 6.45) is 3.46. The molecule has 2 aromatic heterocycles. The van der Waals surface area contributed by atoms with Crippen molar-refractivity contribution >= 4 is 33.8 Å². The predicted molar refractivity (Wildman–Crippen MR) is 522 cm³/mol. The van der Waals surface area contributed by atoms with Gasteiger partial charge in [0.25, 0.3) is 11.8 Å². The van der Waals surface area contributed by atoms with Gasteiger partial charge in [-0.05, 0) is 155 Å². The Labute approximate surface area is 788 Å². The van der Waals surface area contributed by atoms with Crippen LogP contribution in [0.2, 0.25) is 0 Å². The molecular weight excluding hydrogens is 1720 g/mol.